The molecule has 0 atom stereocenters. The van der Waals surface area contributed by atoms with E-state index in [0.717, 1.165) is 16.9 Å². The van der Waals surface area contributed by atoms with Gasteiger partial charge in [-0.3, -0.25) is 0 Å². The Balaban J connectivity index is 2.55. The third kappa shape index (κ3) is 6.04. The number of aliphatic hydroxyl groups is 1. The number of hydrogen-bond acceptors (Lipinski definition) is 3. The molecule has 0 aliphatic rings. The number of aryl methyl sites for hydroxylation is 1. The topological polar surface area (TPSA) is 61.8 Å². The van der Waals surface area contributed by atoms with Crippen LogP contribution >= 0.6 is 0 Å². The molecule has 0 saturated carbocycles. The van der Waals surface area contributed by atoms with Crippen molar-refractivity contribution in [3.8, 4) is 5.75 Å². The van der Waals surface area contributed by atoms with Crippen molar-refractivity contribution in [2.75, 3.05) is 20.2 Å². The highest BCUT2D eigenvalue weighted by atomic mass is 16.5. The summed E-state index contributed by atoms with van der Waals surface area (Å²) in [6, 6.07) is 5.65. The van der Waals surface area contributed by atoms with Gasteiger partial charge in [0.1, 0.15) is 5.75 Å². The largest absolute Gasteiger partial charge is 0.494 e. The van der Waals surface area contributed by atoms with Gasteiger partial charge in [0.25, 0.3) is 0 Å². The number of rotatable bonds is 6. The number of amides is 2. The zero-order chi connectivity index (χ0) is 16.0. The van der Waals surface area contributed by atoms with E-state index in [-0.39, 0.29) is 12.6 Å². The number of carbonyl (C=O) groups excluding carboxylic acids is 1. The van der Waals surface area contributed by atoms with E-state index in [1.807, 2.05) is 32.0 Å². The molecule has 0 fully saturated rings. The van der Waals surface area contributed by atoms with Gasteiger partial charge in [-0.15, -0.1) is 0 Å². The third-order valence-electron chi connectivity index (χ3n) is 2.95. The van der Waals surface area contributed by atoms with Gasteiger partial charge in [0.15, 0.2) is 0 Å². The van der Waals surface area contributed by atoms with Gasteiger partial charge in [0, 0.05) is 13.6 Å². The highest BCUT2D eigenvalue weighted by molar-refractivity contribution is 5.73. The highest BCUT2D eigenvalue weighted by Gasteiger charge is 2.19. The van der Waals surface area contributed by atoms with Gasteiger partial charge in [0.2, 0.25) is 0 Å². The highest BCUT2D eigenvalue weighted by Crippen LogP contribution is 2.19. The molecular formula is C16H26N2O3. The molecule has 0 radical (unpaired) electrons. The quantitative estimate of drug-likeness (QED) is 0.846. The van der Waals surface area contributed by atoms with E-state index in [1.165, 1.54) is 4.90 Å². The SMILES string of the molecule is CCOc1ccc(CNC(=O)N(C)CC(C)(C)O)cc1C. The molecule has 5 heteroatoms. The summed E-state index contributed by atoms with van der Waals surface area (Å²) >= 11 is 0. The predicted molar refractivity (Wildman–Crippen MR) is 83.5 cm³/mol. The van der Waals surface area contributed by atoms with Crippen molar-refractivity contribution in [2.24, 2.45) is 0 Å². The lowest BCUT2D eigenvalue weighted by Crippen LogP contribution is -2.44. The summed E-state index contributed by atoms with van der Waals surface area (Å²) in [5.41, 5.74) is 1.16. The number of nitrogens with one attached hydrogen (secondary N) is 1. The lowest BCUT2D eigenvalue weighted by Gasteiger charge is -2.25. The number of urea groups is 1. The first kappa shape index (κ1) is 17.3. The van der Waals surface area contributed by atoms with Crippen molar-refractivity contribution in [1.82, 2.24) is 10.2 Å². The fraction of sp³-hybridized carbons (Fsp3) is 0.562. The zero-order valence-corrected chi connectivity index (χ0v) is 13.6. The number of carbonyl (C=O) groups is 1. The first-order chi connectivity index (χ1) is 9.73. The van der Waals surface area contributed by atoms with Gasteiger partial charge in [-0.2, -0.15) is 0 Å². The molecule has 5 nitrogen and oxygen atoms in total. The van der Waals surface area contributed by atoms with Crippen LogP contribution in [0.1, 0.15) is 31.9 Å². The van der Waals surface area contributed by atoms with Gasteiger partial charge in [-0.1, -0.05) is 12.1 Å². The Hall–Kier alpha value is -1.75. The molecule has 1 aromatic carbocycles. The number of ether oxygens (including phenoxy) is 1. The Kier molecular flexibility index (Phi) is 6.03. The van der Waals surface area contributed by atoms with Gasteiger partial charge >= 0.3 is 6.03 Å². The van der Waals surface area contributed by atoms with E-state index in [1.54, 1.807) is 20.9 Å². The first-order valence-corrected chi connectivity index (χ1v) is 7.16. The van der Waals surface area contributed by atoms with E-state index in [4.69, 9.17) is 4.74 Å². The number of likely N-dealkylation sites (N-methyl/N-ethyl adjacent to an activating group) is 1. The number of hydrogen-bond donors (Lipinski definition) is 2. The van der Waals surface area contributed by atoms with Crippen LogP contribution in [-0.4, -0.2) is 41.8 Å². The normalized spacial score (nSPS) is 11.1. The van der Waals surface area contributed by atoms with Crippen LogP contribution in [0.2, 0.25) is 0 Å². The maximum Gasteiger partial charge on any atom is 0.317 e. The van der Waals surface area contributed by atoms with Gasteiger partial charge in [-0.05, 0) is 44.9 Å². The second-order valence-corrected chi connectivity index (χ2v) is 5.86. The molecular weight excluding hydrogens is 268 g/mol. The molecule has 2 N–H and O–H groups in total. The van der Waals surface area contributed by atoms with Crippen LogP contribution in [-0.2, 0) is 6.54 Å². The minimum Gasteiger partial charge on any atom is -0.494 e. The van der Waals surface area contributed by atoms with Crippen molar-refractivity contribution in [3.05, 3.63) is 29.3 Å². The second-order valence-electron chi connectivity index (χ2n) is 5.86. The van der Waals surface area contributed by atoms with E-state index < -0.39 is 5.60 Å². The van der Waals surface area contributed by atoms with E-state index >= 15 is 0 Å². The average molecular weight is 294 g/mol. The van der Waals surface area contributed by atoms with Crippen LogP contribution in [0.3, 0.4) is 0 Å². The van der Waals surface area contributed by atoms with Gasteiger partial charge in [0.05, 0.1) is 18.8 Å². The number of benzene rings is 1. The summed E-state index contributed by atoms with van der Waals surface area (Å²) in [4.78, 5) is 13.4. The third-order valence-corrected chi connectivity index (χ3v) is 2.95. The standard InChI is InChI=1S/C16H26N2O3/c1-6-21-14-8-7-13(9-12(14)2)10-17-15(19)18(5)11-16(3,4)20/h7-9,20H,6,10-11H2,1-5H3,(H,17,19). The van der Waals surface area contributed by atoms with Crippen LogP contribution < -0.4 is 10.1 Å². The van der Waals surface area contributed by atoms with Crippen LogP contribution in [0.15, 0.2) is 18.2 Å². The Labute approximate surface area is 126 Å². The van der Waals surface area contributed by atoms with E-state index in [9.17, 15) is 9.90 Å². The van der Waals surface area contributed by atoms with Crippen molar-refractivity contribution in [3.63, 3.8) is 0 Å². The molecule has 1 rings (SSSR count). The lowest BCUT2D eigenvalue weighted by atomic mass is 10.1. The molecule has 2 amide bonds. The smallest absolute Gasteiger partial charge is 0.317 e. The van der Waals surface area contributed by atoms with E-state index in [0.29, 0.717) is 13.2 Å². The molecule has 0 heterocycles. The zero-order valence-electron chi connectivity index (χ0n) is 13.6. The Morgan fingerprint density at radius 2 is 2.10 bits per heavy atom. The van der Waals surface area contributed by atoms with Gasteiger partial charge in [-0.25, -0.2) is 4.79 Å². The molecule has 0 aliphatic carbocycles. The molecule has 0 spiro atoms. The summed E-state index contributed by atoms with van der Waals surface area (Å²) in [5.74, 6) is 0.867. The predicted octanol–water partition coefficient (Wildman–Crippen LogP) is 2.31. The molecule has 0 unspecified atom stereocenters. The van der Waals surface area contributed by atoms with Crippen molar-refractivity contribution < 1.29 is 14.6 Å². The molecule has 21 heavy (non-hydrogen) atoms. The maximum absolute atomic E-state index is 11.9. The number of nitrogens with zero attached hydrogens (tertiary/aromatic N) is 1. The average Bonchev–Trinajstić information content (AvgIpc) is 2.37. The molecule has 1 aromatic rings. The Morgan fingerprint density at radius 3 is 2.62 bits per heavy atom. The summed E-state index contributed by atoms with van der Waals surface area (Å²) < 4.78 is 5.49. The van der Waals surface area contributed by atoms with Gasteiger partial charge < -0.3 is 20.1 Å². The van der Waals surface area contributed by atoms with Crippen LogP contribution in [0, 0.1) is 6.92 Å². The molecule has 0 saturated heterocycles. The summed E-state index contributed by atoms with van der Waals surface area (Å²) in [7, 11) is 1.66. The molecule has 0 aromatic heterocycles. The minimum atomic E-state index is -0.901. The molecule has 0 aliphatic heterocycles. The van der Waals surface area contributed by atoms with Crippen molar-refractivity contribution >= 4 is 6.03 Å². The Morgan fingerprint density at radius 1 is 1.43 bits per heavy atom. The lowest BCUT2D eigenvalue weighted by molar-refractivity contribution is 0.0531. The summed E-state index contributed by atoms with van der Waals surface area (Å²) in [6.45, 7) is 8.64. The maximum atomic E-state index is 11.9. The fourth-order valence-corrected chi connectivity index (χ4v) is 2.10. The molecule has 0 bridgehead atoms. The Bertz CT molecular complexity index is 481. The van der Waals surface area contributed by atoms with Crippen molar-refractivity contribution in [1.29, 1.82) is 0 Å². The minimum absolute atomic E-state index is 0.205. The van der Waals surface area contributed by atoms with E-state index in [2.05, 4.69) is 5.32 Å². The summed E-state index contributed by atoms with van der Waals surface area (Å²) in [5, 5.41) is 12.5. The monoisotopic (exact) mass is 294 g/mol. The van der Waals surface area contributed by atoms with Crippen LogP contribution in [0.25, 0.3) is 0 Å². The fourth-order valence-electron chi connectivity index (χ4n) is 2.10. The van der Waals surface area contributed by atoms with Crippen LogP contribution in [0.5, 0.6) is 5.75 Å². The summed E-state index contributed by atoms with van der Waals surface area (Å²) in [6.07, 6.45) is 0. The van der Waals surface area contributed by atoms with Crippen molar-refractivity contribution in [2.45, 2.75) is 39.8 Å². The first-order valence-electron chi connectivity index (χ1n) is 7.16. The second kappa shape index (κ2) is 7.31. The molecule has 118 valence electrons. The van der Waals surface area contributed by atoms with Crippen LogP contribution in [0.4, 0.5) is 4.79 Å².